The minimum absolute atomic E-state index is 0.705. The van der Waals surface area contributed by atoms with Crippen LogP contribution in [0.15, 0.2) is 24.3 Å². The highest BCUT2D eigenvalue weighted by Gasteiger charge is 2.03. The molecular formula is C13H19NS. The third-order valence-electron chi connectivity index (χ3n) is 2.25. The van der Waals surface area contributed by atoms with E-state index >= 15 is 0 Å². The fraction of sp³-hybridized carbons (Fsp3) is 0.462. The van der Waals surface area contributed by atoms with Crippen LogP contribution >= 0.6 is 12.2 Å². The predicted molar refractivity (Wildman–Crippen MR) is 70.4 cm³/mol. The Kier molecular flexibility index (Phi) is 4.28. The average Bonchev–Trinajstić information content (AvgIpc) is 2.17. The van der Waals surface area contributed by atoms with E-state index in [1.54, 1.807) is 0 Å². The molecule has 0 bridgehead atoms. The standard InChI is InChI=1S/C13H19NS/c1-10(2)9-11-5-7-12(8-6-11)13(15)14(3)4/h5-8,10H,9H2,1-4H3. The van der Waals surface area contributed by atoms with Crippen LogP contribution in [0.3, 0.4) is 0 Å². The van der Waals surface area contributed by atoms with Gasteiger partial charge >= 0.3 is 0 Å². The van der Waals surface area contributed by atoms with Gasteiger partial charge in [0.2, 0.25) is 0 Å². The lowest BCUT2D eigenvalue weighted by atomic mass is 10.0. The molecule has 0 saturated heterocycles. The number of hydrogen-bond donors (Lipinski definition) is 0. The van der Waals surface area contributed by atoms with Crippen molar-refractivity contribution in [1.29, 1.82) is 0 Å². The maximum atomic E-state index is 5.30. The van der Waals surface area contributed by atoms with Crippen molar-refractivity contribution >= 4 is 17.2 Å². The topological polar surface area (TPSA) is 3.24 Å². The van der Waals surface area contributed by atoms with Crippen LogP contribution in [0.5, 0.6) is 0 Å². The van der Waals surface area contributed by atoms with Crippen molar-refractivity contribution in [2.24, 2.45) is 5.92 Å². The van der Waals surface area contributed by atoms with Crippen molar-refractivity contribution in [2.75, 3.05) is 14.1 Å². The zero-order chi connectivity index (χ0) is 11.4. The fourth-order valence-corrected chi connectivity index (χ4v) is 1.65. The van der Waals surface area contributed by atoms with Gasteiger partial charge in [0.15, 0.2) is 0 Å². The van der Waals surface area contributed by atoms with E-state index < -0.39 is 0 Å². The summed E-state index contributed by atoms with van der Waals surface area (Å²) in [6, 6.07) is 8.57. The Labute approximate surface area is 98.1 Å². The van der Waals surface area contributed by atoms with Crippen LogP contribution in [0.2, 0.25) is 0 Å². The molecule has 0 heterocycles. The Morgan fingerprint density at radius 3 is 2.13 bits per heavy atom. The first-order valence-corrected chi connectivity index (χ1v) is 5.72. The molecule has 1 aromatic carbocycles. The van der Waals surface area contributed by atoms with Gasteiger partial charge in [-0.3, -0.25) is 0 Å². The largest absolute Gasteiger partial charge is 0.368 e. The quantitative estimate of drug-likeness (QED) is 0.721. The third-order valence-corrected chi connectivity index (χ3v) is 2.85. The minimum atomic E-state index is 0.705. The van der Waals surface area contributed by atoms with Gasteiger partial charge < -0.3 is 4.90 Å². The van der Waals surface area contributed by atoms with Gasteiger partial charge in [0.05, 0.1) is 0 Å². The normalized spacial score (nSPS) is 10.5. The summed E-state index contributed by atoms with van der Waals surface area (Å²) in [4.78, 5) is 2.86. The molecule has 1 nitrogen and oxygen atoms in total. The summed E-state index contributed by atoms with van der Waals surface area (Å²) in [5.41, 5.74) is 2.51. The van der Waals surface area contributed by atoms with Gasteiger partial charge in [0.1, 0.15) is 4.99 Å². The van der Waals surface area contributed by atoms with Crippen LogP contribution in [0.25, 0.3) is 0 Å². The third kappa shape index (κ3) is 3.63. The summed E-state index contributed by atoms with van der Waals surface area (Å²) in [6.45, 7) is 4.47. The lowest BCUT2D eigenvalue weighted by Gasteiger charge is -2.14. The molecule has 15 heavy (non-hydrogen) atoms. The number of hydrogen-bond acceptors (Lipinski definition) is 1. The van der Waals surface area contributed by atoms with Gasteiger partial charge in [0, 0.05) is 19.7 Å². The summed E-state index contributed by atoms with van der Waals surface area (Å²) < 4.78 is 0. The van der Waals surface area contributed by atoms with Crippen molar-refractivity contribution in [3.63, 3.8) is 0 Å². The Morgan fingerprint density at radius 1 is 1.20 bits per heavy atom. The number of thiocarbonyl (C=S) groups is 1. The molecule has 0 aromatic heterocycles. The molecule has 0 saturated carbocycles. The molecule has 0 N–H and O–H groups in total. The molecule has 1 rings (SSSR count). The van der Waals surface area contributed by atoms with E-state index in [4.69, 9.17) is 12.2 Å². The lowest BCUT2D eigenvalue weighted by molar-refractivity contribution is 0.636. The zero-order valence-corrected chi connectivity index (χ0v) is 10.8. The van der Waals surface area contributed by atoms with Crippen LogP contribution in [0.4, 0.5) is 0 Å². The second kappa shape index (κ2) is 5.26. The molecule has 0 aliphatic carbocycles. The maximum absolute atomic E-state index is 5.30. The predicted octanol–water partition coefficient (Wildman–Crippen LogP) is 3.12. The van der Waals surface area contributed by atoms with Crippen molar-refractivity contribution in [2.45, 2.75) is 20.3 Å². The smallest absolute Gasteiger partial charge is 0.108 e. The second-order valence-corrected chi connectivity index (χ2v) is 4.88. The Hall–Kier alpha value is -0.890. The molecule has 0 atom stereocenters. The monoisotopic (exact) mass is 221 g/mol. The van der Waals surface area contributed by atoms with E-state index in [9.17, 15) is 0 Å². The molecule has 82 valence electrons. The van der Waals surface area contributed by atoms with Crippen LogP contribution in [0, 0.1) is 5.92 Å². The van der Waals surface area contributed by atoms with Crippen molar-refractivity contribution in [1.82, 2.24) is 4.90 Å². The van der Waals surface area contributed by atoms with Crippen LogP contribution < -0.4 is 0 Å². The molecule has 0 radical (unpaired) electrons. The molecule has 0 aliphatic rings. The lowest BCUT2D eigenvalue weighted by Crippen LogP contribution is -2.20. The zero-order valence-electron chi connectivity index (χ0n) is 9.95. The van der Waals surface area contributed by atoms with Gasteiger partial charge in [-0.05, 0) is 17.9 Å². The van der Waals surface area contributed by atoms with E-state index in [-0.39, 0.29) is 0 Å². The van der Waals surface area contributed by atoms with Crippen LogP contribution in [-0.4, -0.2) is 24.0 Å². The van der Waals surface area contributed by atoms with Gasteiger partial charge in [0.25, 0.3) is 0 Å². The summed E-state index contributed by atoms with van der Waals surface area (Å²) >= 11 is 5.30. The van der Waals surface area contributed by atoms with Gasteiger partial charge in [-0.25, -0.2) is 0 Å². The van der Waals surface area contributed by atoms with E-state index in [1.807, 2.05) is 19.0 Å². The molecule has 0 unspecified atom stereocenters. The highest BCUT2D eigenvalue weighted by molar-refractivity contribution is 7.80. The van der Waals surface area contributed by atoms with E-state index in [1.165, 1.54) is 5.56 Å². The SMILES string of the molecule is CC(C)Cc1ccc(C(=S)N(C)C)cc1. The molecule has 2 heteroatoms. The van der Waals surface area contributed by atoms with Gasteiger partial charge in [-0.2, -0.15) is 0 Å². The summed E-state index contributed by atoms with van der Waals surface area (Å²) in [6.07, 6.45) is 1.13. The summed E-state index contributed by atoms with van der Waals surface area (Å²) in [5, 5.41) is 0. The molecule has 0 spiro atoms. The molecule has 1 aromatic rings. The van der Waals surface area contributed by atoms with Crippen molar-refractivity contribution in [3.05, 3.63) is 35.4 Å². The van der Waals surface area contributed by atoms with Crippen LogP contribution in [-0.2, 0) is 6.42 Å². The fourth-order valence-electron chi connectivity index (χ4n) is 1.51. The molecule has 0 fully saturated rings. The van der Waals surface area contributed by atoms with E-state index in [0.29, 0.717) is 5.92 Å². The van der Waals surface area contributed by atoms with E-state index in [0.717, 1.165) is 17.0 Å². The highest BCUT2D eigenvalue weighted by atomic mass is 32.1. The number of rotatable bonds is 3. The number of nitrogens with zero attached hydrogens (tertiary/aromatic N) is 1. The second-order valence-electron chi connectivity index (χ2n) is 4.49. The summed E-state index contributed by atoms with van der Waals surface area (Å²) in [7, 11) is 3.95. The molecule has 0 aliphatic heterocycles. The first-order valence-electron chi connectivity index (χ1n) is 5.31. The van der Waals surface area contributed by atoms with Crippen molar-refractivity contribution < 1.29 is 0 Å². The van der Waals surface area contributed by atoms with Gasteiger partial charge in [-0.15, -0.1) is 0 Å². The number of benzene rings is 1. The average molecular weight is 221 g/mol. The first-order chi connectivity index (χ1) is 7.00. The minimum Gasteiger partial charge on any atom is -0.368 e. The van der Waals surface area contributed by atoms with Gasteiger partial charge in [-0.1, -0.05) is 50.3 Å². The Morgan fingerprint density at radius 2 is 1.73 bits per heavy atom. The molecular weight excluding hydrogens is 202 g/mol. The molecule has 0 amide bonds. The van der Waals surface area contributed by atoms with E-state index in [2.05, 4.69) is 38.1 Å². The first kappa shape index (κ1) is 12.2. The maximum Gasteiger partial charge on any atom is 0.108 e. The highest BCUT2D eigenvalue weighted by Crippen LogP contribution is 2.11. The van der Waals surface area contributed by atoms with Crippen LogP contribution in [0.1, 0.15) is 25.0 Å². The Bertz CT molecular complexity index is 325. The Balaban J connectivity index is 2.76. The van der Waals surface area contributed by atoms with Crippen molar-refractivity contribution in [3.8, 4) is 0 Å². The summed E-state index contributed by atoms with van der Waals surface area (Å²) in [5.74, 6) is 0.705.